The molecule has 0 aliphatic carbocycles. The van der Waals surface area contributed by atoms with Crippen LogP contribution in [0.5, 0.6) is 11.5 Å². The molecule has 0 saturated carbocycles. The number of allylic oxidation sites excluding steroid dienone is 12. The van der Waals surface area contributed by atoms with E-state index in [0.717, 1.165) is 204 Å². The summed E-state index contributed by atoms with van der Waals surface area (Å²) in [6.07, 6.45) is 43.6. The zero-order valence-electron chi connectivity index (χ0n) is 76.8. The van der Waals surface area contributed by atoms with Gasteiger partial charge in [0.15, 0.2) is 11.4 Å². The molecule has 10 heterocycles. The van der Waals surface area contributed by atoms with Crippen molar-refractivity contribution in [3.05, 3.63) is 242 Å². The Bertz CT molecular complexity index is 5540. The number of aliphatic imine (C=N–C) groups is 4. The van der Waals surface area contributed by atoms with Gasteiger partial charge in [0, 0.05) is 114 Å². The van der Waals surface area contributed by atoms with E-state index in [-0.39, 0.29) is 178 Å². The monoisotopic (exact) mass is 2230 g/mol. The van der Waals surface area contributed by atoms with Crippen LogP contribution in [0.25, 0.3) is 0 Å². The summed E-state index contributed by atoms with van der Waals surface area (Å²) in [7, 11) is -0.256. The molecule has 691 valence electrons. The Morgan fingerprint density at radius 1 is 0.508 bits per heavy atom. The molecule has 0 atom stereocenters. The van der Waals surface area contributed by atoms with Crippen LogP contribution in [0.4, 0.5) is 11.6 Å². The van der Waals surface area contributed by atoms with Crippen LogP contribution in [0.15, 0.2) is 256 Å². The first-order chi connectivity index (χ1) is 58.9. The smallest absolute Gasteiger partial charge is 1.00 e. The molecule has 1 radical (unpaired) electrons. The third-order valence-electron chi connectivity index (χ3n) is 23.3. The van der Waals surface area contributed by atoms with Gasteiger partial charge in [0.25, 0.3) is 0 Å². The number of aromatic nitrogens is 2. The molecular weight excluding hydrogens is 2110 g/mol. The number of phenols is 1. The number of halogens is 4. The normalized spacial score (nSPS) is 19.0. The molecule has 0 unspecified atom stereocenters. The van der Waals surface area contributed by atoms with Crippen LogP contribution in [-0.2, 0) is 81.9 Å². The van der Waals surface area contributed by atoms with Gasteiger partial charge in [0.1, 0.15) is 75.3 Å². The minimum Gasteiger partial charge on any atom is -1.00 e. The molecule has 8 aliphatic rings. The summed E-state index contributed by atoms with van der Waals surface area (Å²) in [6, 6.07) is 18.3. The standard InChI is InChI=1S/C47H57N5O8S.C41H52ClN5O4.C6H6O4S.CH2I.2HI.2Na.V/c1-46(2)37-15-13-29-50(27-11-7-9-17-41(53)54)44(37)48-39(46)25-19-33-31-52(5,6)32-34(43(33)60-35-21-23-36(24-22-35)61(57,58)59)20-26-40-47(3,4)38-16-14-30-51(45(38)49-40)28-12-8-10-18-42(55)56;1-40(2)31-15-13-25-45(23-11-7-9-17-35(48)49)38(31)43-33(40)21-19-29-27-47(5,6)28-30(37(29)42)20-22-34-41(3,4)32-16-14-26-46(39(32)44-34)24-12-8-10-18-36(50)51;7-5-1-3-6(4-2-5)11(8,9)10;1-2;;;;;/h13-16,19-26,29-30H,7-12,17-18,27-28,31-32H2,1-6H3,(H-2,53,54,55,56,57,58,59);13-16,19-22,25-26H,7-12,17-18,23-24,27-28H2,1-6H3;1-4,7H,(H,8,9,10);1H2;2*1H;;;/q;;;-1;;;2*+1;. The average Bonchev–Trinajstić information content (AvgIpc) is 1.62. The summed E-state index contributed by atoms with van der Waals surface area (Å²) in [6.45, 7) is 23.4. The zero-order valence-corrected chi connectivity index (χ0v) is 91.1. The maximum absolute atomic E-state index is 11.7. The fourth-order valence-corrected chi connectivity index (χ4v) is 17.4. The van der Waals surface area contributed by atoms with Crippen LogP contribution in [0.3, 0.4) is 0 Å². The summed E-state index contributed by atoms with van der Waals surface area (Å²) < 4.78 is 78.6. The number of aliphatic carboxylic acids is 4. The van der Waals surface area contributed by atoms with Crippen molar-refractivity contribution in [2.45, 2.75) is 192 Å². The van der Waals surface area contributed by atoms with Crippen LogP contribution in [0, 0.1) is 15.8 Å². The number of phenolic OH excluding ortho intramolecular Hbond substituents is 1. The summed E-state index contributed by atoms with van der Waals surface area (Å²) in [4.78, 5) is 71.2. The van der Waals surface area contributed by atoms with Gasteiger partial charge < -0.3 is 129 Å². The molecule has 8 aliphatic heterocycles. The number of carbonyl (C=O) groups is 4. The first-order valence-electron chi connectivity index (χ1n) is 42.2. The molecule has 2 aromatic carbocycles. The van der Waals surface area contributed by atoms with Crippen LogP contribution < -0.4 is 121 Å². The number of hydrogen-bond donors (Lipinski definition) is 5. The molecule has 0 amide bonds. The predicted molar refractivity (Wildman–Crippen MR) is 493 cm³/mol. The van der Waals surface area contributed by atoms with E-state index in [1.807, 2.05) is 47.1 Å². The van der Waals surface area contributed by atoms with Crippen molar-refractivity contribution in [2.75, 3.05) is 67.5 Å². The Morgan fingerprint density at radius 2 is 0.869 bits per heavy atom. The number of carboxylic acids is 4. The van der Waals surface area contributed by atoms with E-state index in [2.05, 4.69) is 205 Å². The predicted octanol–water partition coefficient (Wildman–Crippen LogP) is 4.81. The van der Waals surface area contributed by atoms with E-state index in [1.54, 1.807) is 0 Å². The fraction of sp³-hybridized carbons (Fsp3) is 0.421. The summed E-state index contributed by atoms with van der Waals surface area (Å²) >= 11 is 9.09. The zero-order chi connectivity index (χ0) is 91.6. The average molecular weight is 2230 g/mol. The number of rotatable bonds is 34. The number of unbranched alkanes of at least 4 members (excludes halogenated alkanes) is 8. The molecule has 2 aromatic heterocycles. The van der Waals surface area contributed by atoms with Crippen LogP contribution in [-0.4, -0.2) is 185 Å². The first kappa shape index (κ1) is 116. The van der Waals surface area contributed by atoms with Gasteiger partial charge in [0.05, 0.1) is 102 Å². The van der Waals surface area contributed by atoms with E-state index in [4.69, 9.17) is 61.8 Å². The molecule has 0 saturated heterocycles. The maximum atomic E-state index is 11.7. The van der Waals surface area contributed by atoms with Crippen molar-refractivity contribution in [3.8, 4) is 11.5 Å². The molecule has 0 fully saturated rings. The number of likely N-dealkylation sites (N-methyl/N-ethyl adjacent to an activating group) is 2. The first-order valence-corrected chi connectivity index (χ1v) is 46.9. The van der Waals surface area contributed by atoms with Gasteiger partial charge in [-0.15, -0.1) is 0 Å². The molecule has 35 heteroatoms. The minimum atomic E-state index is -4.64. The van der Waals surface area contributed by atoms with Crippen LogP contribution in [0.2, 0.25) is 0 Å². The molecule has 0 bridgehead atoms. The Morgan fingerprint density at radius 3 is 1.26 bits per heavy atom. The van der Waals surface area contributed by atoms with E-state index < -0.39 is 54.9 Å². The third-order valence-corrected chi connectivity index (χ3v) is 25.4. The summed E-state index contributed by atoms with van der Waals surface area (Å²) in [5.74, 6) is 1.61. The maximum Gasteiger partial charge on any atom is 1.00 e. The Balaban J connectivity index is 0.000000466. The Hall–Kier alpha value is -5.82. The second kappa shape index (κ2) is 51.4. The van der Waals surface area contributed by atoms with Crippen molar-refractivity contribution in [2.24, 2.45) is 30.8 Å². The van der Waals surface area contributed by atoms with Gasteiger partial charge in [0.2, 0.25) is 0 Å². The quantitative estimate of drug-likeness (QED) is 0.00796. The van der Waals surface area contributed by atoms with Gasteiger partial charge in [-0.25, -0.2) is 36.0 Å². The number of hydrogen-bond acceptors (Lipinski definition) is 18. The number of ether oxygens (including phenoxy) is 1. The third kappa shape index (κ3) is 31.6. The molecule has 4 aromatic rings. The molecule has 5 N–H and O–H groups in total. The van der Waals surface area contributed by atoms with Crippen molar-refractivity contribution in [3.63, 3.8) is 0 Å². The molecule has 12 rings (SSSR count). The second-order valence-corrected chi connectivity index (χ2v) is 38.8. The number of pyridine rings is 2. The number of quaternary nitrogens is 2. The van der Waals surface area contributed by atoms with E-state index in [1.165, 1.54) is 35.4 Å². The van der Waals surface area contributed by atoms with Crippen molar-refractivity contribution >= 4 is 113 Å². The number of amidine groups is 2. The summed E-state index contributed by atoms with van der Waals surface area (Å²) in [5.41, 5.74) is 11.0. The number of fused-ring (bicyclic) bond motifs is 4. The molecule has 0 spiro atoms. The molecule has 26 nitrogen and oxygen atoms in total. The minimum absolute atomic E-state index is 0. The number of benzene rings is 2. The summed E-state index contributed by atoms with van der Waals surface area (Å²) in [5, 5.41) is 45.5. The Kier molecular flexibility index (Phi) is 46.0. The molecule has 130 heavy (non-hydrogen) atoms. The van der Waals surface area contributed by atoms with E-state index in [9.17, 15) is 45.1 Å². The van der Waals surface area contributed by atoms with Crippen molar-refractivity contribution in [1.82, 2.24) is 9.80 Å². The number of nitrogens with zero attached hydrogens (tertiary/aromatic N) is 10. The number of carboxylic acid groups (broad SMARTS) is 4. The second-order valence-electron chi connectivity index (χ2n) is 35.6. The topological polar surface area (TPSA) is 357 Å². The van der Waals surface area contributed by atoms with Gasteiger partial charge >= 0.3 is 94.6 Å². The number of aromatic hydroxyl groups is 1. The van der Waals surface area contributed by atoms with Crippen molar-refractivity contribution < 1.29 is 219 Å². The number of aryl methyl sites for hydroxylation is 2. The van der Waals surface area contributed by atoms with E-state index >= 15 is 0 Å². The van der Waals surface area contributed by atoms with Crippen LogP contribution >= 0.6 is 34.2 Å². The fourth-order valence-electron chi connectivity index (χ4n) is 16.2. The van der Waals surface area contributed by atoms with Crippen LogP contribution in [0.1, 0.15) is 169 Å². The van der Waals surface area contributed by atoms with Gasteiger partial charge in [-0.05, 0) is 229 Å². The largest absolute Gasteiger partial charge is 1.00 e. The van der Waals surface area contributed by atoms with Gasteiger partial charge in [-0.1, -0.05) is 70.4 Å². The Labute approximate surface area is 876 Å². The van der Waals surface area contributed by atoms with Gasteiger partial charge in [-0.3, -0.25) is 24.1 Å². The van der Waals surface area contributed by atoms with E-state index in [0.29, 0.717) is 54.8 Å². The van der Waals surface area contributed by atoms with Crippen molar-refractivity contribution in [1.29, 1.82) is 0 Å². The van der Waals surface area contributed by atoms with Gasteiger partial charge in [-0.2, -0.15) is 0 Å². The molecular formula is C95H119ClI3N10Na2O16S2V+. The SMILES string of the molecule is CC1(C)C2=CC=CN(CCCCCC(=O)O)C2=N/C1=C/C=C1\C[N+](C)(C)CC(/C=C/C2=Nc3c(ccc[n+]3CCCCCC(=O)O)C2(C)C)=C1Cl.CC1(C)C2=CC=CN(CCCCCC(=O)O)C2=N/C1=C/C=C1\C[N+](C)(C)CC(/C=C/C2=Nc3c(ccc[n+]3CCCCCC(=O)O)C2(C)C)=C1Oc1ccc(S(=O)(=O)[O-])cc1.O=S(=O)([O-])c1ccc(O)cc1.[CH2-]I.[I-].[I-].[Na+].[Na+].[V].